The molecule has 1 aromatic heterocycles. The van der Waals surface area contributed by atoms with Crippen molar-refractivity contribution in [3.05, 3.63) is 180 Å². The van der Waals surface area contributed by atoms with Crippen LogP contribution in [0.1, 0.15) is 70.7 Å². The van der Waals surface area contributed by atoms with Gasteiger partial charge in [0, 0.05) is 60.4 Å². The van der Waals surface area contributed by atoms with Gasteiger partial charge in [-0.3, -0.25) is 0 Å². The number of rotatable bonds is 6. The van der Waals surface area contributed by atoms with Gasteiger partial charge in [-0.1, -0.05) is 127 Å². The molecule has 0 saturated carbocycles. The van der Waals surface area contributed by atoms with Crippen LogP contribution in [-0.2, 0) is 17.3 Å². The van der Waals surface area contributed by atoms with E-state index >= 15 is 0 Å². The standard InChI is InChI=1S/C55H52BN3S/c1-9-37-32-48-51-49(33-37)59(43-27-22-38(23-28-43)54(3,4)5)52-45-34-39(55(6,7)8)24-31-50(45)60-53(52)56(51)46-30-29-44(35-47(46)58(48)42-25-20-36(2)21-26-42)57(40-16-12-10-13-17-40)41-18-14-11-15-19-41/h10-35H,9H2,1-8H3. The fraction of sp³-hybridized carbons (Fsp3) is 0.200. The Bertz CT molecular complexity index is 2840. The molecule has 7 aromatic carbocycles. The molecule has 3 nitrogen and oxygen atoms in total. The molecule has 10 rings (SSSR count). The highest BCUT2D eigenvalue weighted by molar-refractivity contribution is 7.33. The van der Waals surface area contributed by atoms with Crippen LogP contribution in [0.25, 0.3) is 10.1 Å². The Hall–Kier alpha value is -6.04. The average Bonchev–Trinajstić information content (AvgIpc) is 3.63. The highest BCUT2D eigenvalue weighted by atomic mass is 32.1. The van der Waals surface area contributed by atoms with E-state index in [1.807, 2.05) is 11.3 Å². The van der Waals surface area contributed by atoms with Crippen LogP contribution in [0.15, 0.2) is 158 Å². The van der Waals surface area contributed by atoms with Gasteiger partial charge < -0.3 is 14.7 Å². The largest absolute Gasteiger partial charge is 0.311 e. The third-order valence-electron chi connectivity index (χ3n) is 12.6. The number of hydrogen-bond acceptors (Lipinski definition) is 4. The van der Waals surface area contributed by atoms with Crippen molar-refractivity contribution >= 4 is 95.0 Å². The Morgan fingerprint density at radius 1 is 0.550 bits per heavy atom. The van der Waals surface area contributed by atoms with Gasteiger partial charge in [0.1, 0.15) is 0 Å². The SMILES string of the molecule is CCc1cc2c3c(c1)N(c1ccc(C(C)(C)C)cc1)c1c(sc4ccc(C(C)(C)C)cc14)B3c1ccc(N(c3ccccc3)c3ccccc3)cc1N2c1ccc(C)cc1. The molecule has 0 unspecified atom stereocenters. The molecule has 60 heavy (non-hydrogen) atoms. The van der Waals surface area contributed by atoms with E-state index in [0.717, 1.165) is 29.2 Å². The van der Waals surface area contributed by atoms with E-state index < -0.39 is 0 Å². The zero-order valence-electron chi connectivity index (χ0n) is 36.0. The number of para-hydroxylation sites is 2. The predicted octanol–water partition coefficient (Wildman–Crippen LogP) is 13.9. The van der Waals surface area contributed by atoms with Gasteiger partial charge in [-0.05, 0) is 137 Å². The Balaban J connectivity index is 1.29. The van der Waals surface area contributed by atoms with Crippen LogP contribution >= 0.6 is 11.3 Å². The minimum absolute atomic E-state index is 0.0169. The van der Waals surface area contributed by atoms with Crippen molar-refractivity contribution in [2.24, 2.45) is 0 Å². The third-order valence-corrected chi connectivity index (χ3v) is 13.8. The van der Waals surface area contributed by atoms with Crippen LogP contribution < -0.4 is 30.4 Å². The van der Waals surface area contributed by atoms with Gasteiger partial charge in [-0.2, -0.15) is 0 Å². The van der Waals surface area contributed by atoms with Crippen molar-refractivity contribution in [3.63, 3.8) is 0 Å². The number of thiophene rings is 1. The van der Waals surface area contributed by atoms with Gasteiger partial charge in [-0.15, -0.1) is 11.3 Å². The summed E-state index contributed by atoms with van der Waals surface area (Å²) in [6.45, 7) is 18.4. The van der Waals surface area contributed by atoms with Gasteiger partial charge in [0.15, 0.2) is 0 Å². The Morgan fingerprint density at radius 2 is 1.12 bits per heavy atom. The van der Waals surface area contributed by atoms with Crippen LogP contribution in [0.5, 0.6) is 0 Å². The summed E-state index contributed by atoms with van der Waals surface area (Å²) in [5.41, 5.74) is 18.8. The highest BCUT2D eigenvalue weighted by Gasteiger charge is 2.45. The molecule has 0 N–H and O–H groups in total. The Morgan fingerprint density at radius 3 is 1.72 bits per heavy atom. The lowest BCUT2D eigenvalue weighted by atomic mass is 9.36. The lowest BCUT2D eigenvalue weighted by molar-refractivity contribution is 0.590. The quantitative estimate of drug-likeness (QED) is 0.155. The van der Waals surface area contributed by atoms with Crippen LogP contribution in [0.4, 0.5) is 51.2 Å². The van der Waals surface area contributed by atoms with E-state index in [4.69, 9.17) is 0 Å². The van der Waals surface area contributed by atoms with Crippen molar-refractivity contribution in [1.29, 1.82) is 0 Å². The van der Waals surface area contributed by atoms with E-state index in [1.165, 1.54) is 76.5 Å². The van der Waals surface area contributed by atoms with Crippen LogP contribution in [0.2, 0.25) is 0 Å². The molecule has 0 radical (unpaired) electrons. The number of anilines is 9. The Labute approximate surface area is 360 Å². The topological polar surface area (TPSA) is 9.72 Å². The first-order chi connectivity index (χ1) is 28.9. The molecule has 3 heterocycles. The second-order valence-corrected chi connectivity index (χ2v) is 19.7. The zero-order valence-corrected chi connectivity index (χ0v) is 36.9. The first-order valence-electron chi connectivity index (χ1n) is 21.4. The maximum absolute atomic E-state index is 2.61. The molecule has 0 saturated heterocycles. The summed E-state index contributed by atoms with van der Waals surface area (Å²) in [5.74, 6) is 0. The highest BCUT2D eigenvalue weighted by Crippen LogP contribution is 2.50. The summed E-state index contributed by atoms with van der Waals surface area (Å²) in [6, 6.07) is 59.4. The van der Waals surface area contributed by atoms with Crippen LogP contribution in [0, 0.1) is 6.92 Å². The molecule has 5 heteroatoms. The normalized spacial score (nSPS) is 13.3. The molecule has 0 amide bonds. The molecule has 0 bridgehead atoms. The van der Waals surface area contributed by atoms with Gasteiger partial charge in [-0.25, -0.2) is 0 Å². The lowest BCUT2D eigenvalue weighted by Crippen LogP contribution is -2.60. The summed E-state index contributed by atoms with van der Waals surface area (Å²) < 4.78 is 2.72. The Kier molecular flexibility index (Phi) is 9.11. The van der Waals surface area contributed by atoms with E-state index in [-0.39, 0.29) is 17.5 Å². The molecule has 0 spiro atoms. The molecular formula is C55H52BN3S. The number of benzene rings is 7. The van der Waals surface area contributed by atoms with E-state index in [9.17, 15) is 0 Å². The minimum Gasteiger partial charge on any atom is -0.311 e. The lowest BCUT2D eigenvalue weighted by Gasteiger charge is -2.44. The fourth-order valence-electron chi connectivity index (χ4n) is 9.28. The van der Waals surface area contributed by atoms with Crippen LogP contribution in [0.3, 0.4) is 0 Å². The van der Waals surface area contributed by atoms with E-state index in [2.05, 4.69) is 228 Å². The molecule has 296 valence electrons. The van der Waals surface area contributed by atoms with Crippen molar-refractivity contribution in [2.75, 3.05) is 14.7 Å². The molecular weight excluding hydrogens is 746 g/mol. The van der Waals surface area contributed by atoms with Crippen molar-refractivity contribution < 1.29 is 0 Å². The summed E-state index contributed by atoms with van der Waals surface area (Å²) in [6.07, 6.45) is 0.928. The summed E-state index contributed by atoms with van der Waals surface area (Å²) in [4.78, 5) is 7.55. The smallest absolute Gasteiger partial charge is 0.264 e. The van der Waals surface area contributed by atoms with Gasteiger partial charge in [0.05, 0.1) is 5.69 Å². The minimum atomic E-state index is 0.0169. The van der Waals surface area contributed by atoms with E-state index in [0.29, 0.717) is 0 Å². The van der Waals surface area contributed by atoms with Crippen molar-refractivity contribution in [3.8, 4) is 0 Å². The second-order valence-electron chi connectivity index (χ2n) is 18.7. The number of hydrogen-bond donors (Lipinski definition) is 0. The second kappa shape index (κ2) is 14.3. The van der Waals surface area contributed by atoms with E-state index in [1.54, 1.807) is 0 Å². The van der Waals surface area contributed by atoms with Crippen molar-refractivity contribution in [2.45, 2.75) is 72.6 Å². The molecule has 2 aliphatic rings. The number of nitrogens with zero attached hydrogens (tertiary/aromatic N) is 3. The maximum Gasteiger partial charge on any atom is 0.264 e. The van der Waals surface area contributed by atoms with Crippen LogP contribution in [-0.4, -0.2) is 6.71 Å². The molecule has 2 aliphatic heterocycles. The molecule has 0 aliphatic carbocycles. The number of fused-ring (bicyclic) bond motifs is 6. The average molecular weight is 798 g/mol. The first-order valence-corrected chi connectivity index (χ1v) is 22.3. The first kappa shape index (κ1) is 38.2. The number of aryl methyl sites for hydroxylation is 2. The predicted molar refractivity (Wildman–Crippen MR) is 262 cm³/mol. The van der Waals surface area contributed by atoms with Gasteiger partial charge in [0.25, 0.3) is 6.71 Å². The zero-order chi connectivity index (χ0) is 41.5. The summed E-state index contributed by atoms with van der Waals surface area (Å²) in [7, 11) is 0. The molecule has 8 aromatic rings. The maximum atomic E-state index is 2.61. The van der Waals surface area contributed by atoms with Gasteiger partial charge >= 0.3 is 0 Å². The third kappa shape index (κ3) is 6.34. The fourth-order valence-corrected chi connectivity index (χ4v) is 10.6. The molecule has 0 fully saturated rings. The summed E-state index contributed by atoms with van der Waals surface area (Å²) in [5, 5.41) is 1.33. The van der Waals surface area contributed by atoms with Crippen molar-refractivity contribution in [1.82, 2.24) is 0 Å². The van der Waals surface area contributed by atoms with Gasteiger partial charge in [0.2, 0.25) is 0 Å². The summed E-state index contributed by atoms with van der Waals surface area (Å²) >= 11 is 1.97. The monoisotopic (exact) mass is 797 g/mol. The molecule has 0 atom stereocenters.